The summed E-state index contributed by atoms with van der Waals surface area (Å²) in [4.78, 5) is 0. The third kappa shape index (κ3) is 3.39. The van der Waals surface area contributed by atoms with Gasteiger partial charge in [0.15, 0.2) is 0 Å². The molecular weight excluding hydrogens is 248 g/mol. The highest BCUT2D eigenvalue weighted by Gasteiger charge is 2.12. The second-order valence-corrected chi connectivity index (χ2v) is 6.59. The van der Waals surface area contributed by atoms with Crippen molar-refractivity contribution in [1.29, 1.82) is 0 Å². The second kappa shape index (κ2) is 5.06. The zero-order chi connectivity index (χ0) is 12.3. The number of aryl methyl sites for hydroxylation is 2. The van der Waals surface area contributed by atoms with Gasteiger partial charge in [0.2, 0.25) is 9.05 Å². The topological polar surface area (TPSA) is 43.4 Å². The zero-order valence-corrected chi connectivity index (χ0v) is 11.2. The van der Waals surface area contributed by atoms with E-state index in [0.29, 0.717) is 6.42 Å². The molecule has 90 valence electrons. The molecule has 0 unspecified atom stereocenters. The Balaban J connectivity index is 3.01. The Morgan fingerprint density at radius 1 is 1.31 bits per heavy atom. The molecule has 16 heavy (non-hydrogen) atoms. The summed E-state index contributed by atoms with van der Waals surface area (Å²) in [7, 11) is 3.31. The highest BCUT2D eigenvalue weighted by atomic mass is 35.7. The maximum Gasteiger partial charge on any atom is 0.232 e. The summed E-state index contributed by atoms with van der Waals surface area (Å²) in [5.74, 6) is 0.674. The third-order valence-electron chi connectivity index (χ3n) is 2.58. The average molecular weight is 263 g/mol. The quantitative estimate of drug-likeness (QED) is 0.783. The van der Waals surface area contributed by atoms with Gasteiger partial charge in [0, 0.05) is 10.7 Å². The maximum atomic E-state index is 10.9. The molecule has 3 nitrogen and oxygen atoms in total. The molecular formula is C11H15ClO3S. The fraction of sp³-hybridized carbons (Fsp3) is 0.455. The Hall–Kier alpha value is -0.740. The summed E-state index contributed by atoms with van der Waals surface area (Å²) in [6, 6.07) is 3.83. The van der Waals surface area contributed by atoms with Crippen LogP contribution in [0.1, 0.15) is 16.7 Å². The van der Waals surface area contributed by atoms with Crippen LogP contribution in [-0.2, 0) is 15.5 Å². The number of methoxy groups -OCH3 is 1. The Morgan fingerprint density at radius 3 is 2.44 bits per heavy atom. The molecule has 0 spiro atoms. The van der Waals surface area contributed by atoms with E-state index in [4.69, 9.17) is 15.4 Å². The molecule has 1 aromatic carbocycles. The Morgan fingerprint density at radius 2 is 1.94 bits per heavy atom. The normalized spacial score (nSPS) is 11.5. The molecule has 0 N–H and O–H groups in total. The molecule has 0 amide bonds. The van der Waals surface area contributed by atoms with Crippen LogP contribution in [0.5, 0.6) is 5.75 Å². The van der Waals surface area contributed by atoms with E-state index in [1.807, 2.05) is 26.0 Å². The van der Waals surface area contributed by atoms with E-state index in [1.165, 1.54) is 0 Å². The number of rotatable bonds is 4. The van der Waals surface area contributed by atoms with Gasteiger partial charge in [-0.1, -0.05) is 12.1 Å². The van der Waals surface area contributed by atoms with Crippen molar-refractivity contribution >= 4 is 19.7 Å². The van der Waals surface area contributed by atoms with E-state index >= 15 is 0 Å². The van der Waals surface area contributed by atoms with Gasteiger partial charge >= 0.3 is 0 Å². The molecule has 0 fully saturated rings. The monoisotopic (exact) mass is 262 g/mol. The molecule has 0 radical (unpaired) electrons. The largest absolute Gasteiger partial charge is 0.496 e. The second-order valence-electron chi connectivity index (χ2n) is 3.69. The van der Waals surface area contributed by atoms with Crippen molar-refractivity contribution in [3.8, 4) is 5.75 Å². The molecule has 0 saturated carbocycles. The van der Waals surface area contributed by atoms with Crippen LogP contribution in [0.4, 0.5) is 0 Å². The number of hydrogen-bond donors (Lipinski definition) is 0. The molecule has 0 atom stereocenters. The van der Waals surface area contributed by atoms with Crippen LogP contribution in [0.15, 0.2) is 12.1 Å². The van der Waals surface area contributed by atoms with E-state index in [2.05, 4.69) is 0 Å². The molecule has 0 aromatic heterocycles. The van der Waals surface area contributed by atoms with Gasteiger partial charge in [-0.15, -0.1) is 0 Å². The summed E-state index contributed by atoms with van der Waals surface area (Å²) in [6.07, 6.45) is 0.371. The molecule has 5 heteroatoms. The highest BCUT2D eigenvalue weighted by molar-refractivity contribution is 8.13. The molecule has 0 aliphatic heterocycles. The van der Waals surface area contributed by atoms with Crippen molar-refractivity contribution in [1.82, 2.24) is 0 Å². The fourth-order valence-electron chi connectivity index (χ4n) is 1.56. The van der Waals surface area contributed by atoms with E-state index in [-0.39, 0.29) is 5.75 Å². The van der Waals surface area contributed by atoms with E-state index in [0.717, 1.165) is 22.4 Å². The smallest absolute Gasteiger partial charge is 0.232 e. The first-order valence-corrected chi connectivity index (χ1v) is 7.38. The molecule has 0 aliphatic rings. The lowest BCUT2D eigenvalue weighted by Crippen LogP contribution is -2.04. The van der Waals surface area contributed by atoms with Crippen LogP contribution in [-0.4, -0.2) is 21.3 Å². The van der Waals surface area contributed by atoms with E-state index in [9.17, 15) is 8.42 Å². The van der Waals surface area contributed by atoms with Crippen LogP contribution >= 0.6 is 10.7 Å². The van der Waals surface area contributed by atoms with E-state index < -0.39 is 9.05 Å². The van der Waals surface area contributed by atoms with Crippen LogP contribution in [0.3, 0.4) is 0 Å². The molecule has 1 rings (SSSR count). The summed E-state index contributed by atoms with van der Waals surface area (Å²) < 4.78 is 27.0. The van der Waals surface area contributed by atoms with E-state index in [1.54, 1.807) is 7.11 Å². The Bertz CT molecular complexity index is 480. The zero-order valence-electron chi connectivity index (χ0n) is 9.58. The lowest BCUT2D eigenvalue weighted by atomic mass is 10.0. The van der Waals surface area contributed by atoms with Crippen LogP contribution in [0.25, 0.3) is 0 Å². The number of ether oxygens (including phenoxy) is 1. The molecule has 0 saturated heterocycles. The molecule has 0 heterocycles. The minimum Gasteiger partial charge on any atom is -0.496 e. The van der Waals surface area contributed by atoms with Crippen LogP contribution in [0, 0.1) is 13.8 Å². The predicted octanol–water partition coefficient (Wildman–Crippen LogP) is 2.42. The van der Waals surface area contributed by atoms with Crippen molar-refractivity contribution in [3.05, 3.63) is 28.8 Å². The minimum atomic E-state index is -3.45. The molecule has 0 bridgehead atoms. The Kier molecular flexibility index (Phi) is 4.21. The number of halogens is 1. The van der Waals surface area contributed by atoms with Crippen molar-refractivity contribution in [2.45, 2.75) is 20.3 Å². The van der Waals surface area contributed by atoms with Crippen LogP contribution < -0.4 is 4.74 Å². The summed E-state index contributed by atoms with van der Waals surface area (Å²) >= 11 is 0. The van der Waals surface area contributed by atoms with Crippen LogP contribution in [0.2, 0.25) is 0 Å². The van der Waals surface area contributed by atoms with Gasteiger partial charge < -0.3 is 4.74 Å². The fourth-order valence-corrected chi connectivity index (χ4v) is 2.25. The maximum absolute atomic E-state index is 10.9. The number of benzene rings is 1. The summed E-state index contributed by atoms with van der Waals surface area (Å²) in [5, 5.41) is 0. The molecule has 1 aromatic rings. The summed E-state index contributed by atoms with van der Waals surface area (Å²) in [5.41, 5.74) is 3.02. The Labute approximate surface area is 101 Å². The lowest BCUT2D eigenvalue weighted by Gasteiger charge is -2.12. The first-order valence-electron chi connectivity index (χ1n) is 4.90. The first-order chi connectivity index (χ1) is 7.35. The van der Waals surface area contributed by atoms with Gasteiger partial charge in [-0.2, -0.15) is 0 Å². The summed E-state index contributed by atoms with van der Waals surface area (Å²) in [6.45, 7) is 3.94. The number of hydrogen-bond acceptors (Lipinski definition) is 3. The van der Waals surface area contributed by atoms with Crippen molar-refractivity contribution < 1.29 is 13.2 Å². The van der Waals surface area contributed by atoms with Gasteiger partial charge in [-0.05, 0) is 37.0 Å². The van der Waals surface area contributed by atoms with Crippen molar-refractivity contribution in [3.63, 3.8) is 0 Å². The minimum absolute atomic E-state index is 0.0760. The van der Waals surface area contributed by atoms with Gasteiger partial charge in [-0.3, -0.25) is 0 Å². The average Bonchev–Trinajstić information content (AvgIpc) is 2.18. The standard InChI is InChI=1S/C11H15ClO3S/c1-8-4-5-10(6-7-16(12,13)14)11(15-3)9(8)2/h4-5H,6-7H2,1-3H3. The highest BCUT2D eigenvalue weighted by Crippen LogP contribution is 2.26. The van der Waals surface area contributed by atoms with Gasteiger partial charge in [-0.25, -0.2) is 8.42 Å². The van der Waals surface area contributed by atoms with Gasteiger partial charge in [0.1, 0.15) is 5.75 Å². The predicted molar refractivity (Wildman–Crippen MR) is 65.8 cm³/mol. The first kappa shape index (κ1) is 13.3. The van der Waals surface area contributed by atoms with Crippen molar-refractivity contribution in [2.24, 2.45) is 0 Å². The molecule has 0 aliphatic carbocycles. The van der Waals surface area contributed by atoms with Gasteiger partial charge in [0.25, 0.3) is 0 Å². The third-order valence-corrected chi connectivity index (χ3v) is 3.73. The van der Waals surface area contributed by atoms with Crippen molar-refractivity contribution in [2.75, 3.05) is 12.9 Å². The van der Waals surface area contributed by atoms with Gasteiger partial charge in [0.05, 0.1) is 12.9 Å². The SMILES string of the molecule is COc1c(CCS(=O)(=O)Cl)ccc(C)c1C. The lowest BCUT2D eigenvalue weighted by molar-refractivity contribution is 0.406.